The zero-order chi connectivity index (χ0) is 18.5. The van der Waals surface area contributed by atoms with Gasteiger partial charge in [0, 0.05) is 10.0 Å². The fourth-order valence-corrected chi connectivity index (χ4v) is 2.56. The molecule has 3 rings (SSSR count). The fourth-order valence-electron chi connectivity index (χ4n) is 2.30. The van der Waals surface area contributed by atoms with Crippen molar-refractivity contribution in [3.63, 3.8) is 0 Å². The highest BCUT2D eigenvalue weighted by atomic mass is 79.9. The second-order valence-corrected chi connectivity index (χ2v) is 6.46. The lowest BCUT2D eigenvalue weighted by molar-refractivity contribution is 0.0950. The van der Waals surface area contributed by atoms with Crippen LogP contribution in [0.3, 0.4) is 0 Å². The second-order valence-electron chi connectivity index (χ2n) is 5.54. The van der Waals surface area contributed by atoms with Crippen LogP contribution in [0.5, 0.6) is 5.75 Å². The molecule has 0 saturated carbocycles. The number of nitrogens with one attached hydrogen (secondary N) is 2. The van der Waals surface area contributed by atoms with E-state index in [0.29, 0.717) is 17.1 Å². The van der Waals surface area contributed by atoms with Crippen LogP contribution in [0.1, 0.15) is 23.0 Å². The van der Waals surface area contributed by atoms with Gasteiger partial charge < -0.3 is 4.74 Å². The van der Waals surface area contributed by atoms with Gasteiger partial charge in [0.15, 0.2) is 0 Å². The Morgan fingerprint density at radius 1 is 1.15 bits per heavy atom. The Balaban J connectivity index is 1.68. The molecule has 7 heteroatoms. The summed E-state index contributed by atoms with van der Waals surface area (Å²) in [5, 5.41) is 11.1. The first-order valence-corrected chi connectivity index (χ1v) is 8.66. The van der Waals surface area contributed by atoms with Gasteiger partial charge in [-0.2, -0.15) is 10.2 Å². The van der Waals surface area contributed by atoms with Crippen LogP contribution in [0.25, 0.3) is 11.3 Å². The van der Waals surface area contributed by atoms with Crippen LogP contribution in [0.15, 0.2) is 64.2 Å². The highest BCUT2D eigenvalue weighted by Gasteiger charge is 2.11. The minimum atomic E-state index is -0.353. The highest BCUT2D eigenvalue weighted by Crippen LogP contribution is 2.20. The van der Waals surface area contributed by atoms with Crippen LogP contribution in [0.2, 0.25) is 0 Å². The van der Waals surface area contributed by atoms with E-state index in [4.69, 9.17) is 4.74 Å². The minimum absolute atomic E-state index is 0.342. The molecule has 0 fully saturated rings. The van der Waals surface area contributed by atoms with E-state index in [1.54, 1.807) is 13.2 Å². The van der Waals surface area contributed by atoms with Crippen molar-refractivity contribution in [2.45, 2.75) is 6.92 Å². The van der Waals surface area contributed by atoms with Crippen molar-refractivity contribution in [1.82, 2.24) is 15.6 Å². The van der Waals surface area contributed by atoms with Crippen molar-refractivity contribution < 1.29 is 9.53 Å². The number of carbonyl (C=O) groups is 1. The van der Waals surface area contributed by atoms with Gasteiger partial charge in [-0.05, 0) is 55.0 Å². The van der Waals surface area contributed by atoms with Crippen molar-refractivity contribution in [2.24, 2.45) is 5.10 Å². The number of benzene rings is 2. The van der Waals surface area contributed by atoms with Crippen molar-refractivity contribution in [3.05, 3.63) is 70.3 Å². The molecule has 0 aliphatic rings. The first-order chi connectivity index (χ1) is 12.6. The van der Waals surface area contributed by atoms with E-state index < -0.39 is 0 Å². The lowest BCUT2D eigenvalue weighted by atomic mass is 10.1. The van der Waals surface area contributed by atoms with Gasteiger partial charge in [-0.3, -0.25) is 9.89 Å². The molecule has 0 radical (unpaired) electrons. The third kappa shape index (κ3) is 4.18. The van der Waals surface area contributed by atoms with E-state index in [0.717, 1.165) is 21.3 Å². The average molecular weight is 413 g/mol. The topological polar surface area (TPSA) is 79.4 Å². The molecule has 3 aromatic rings. The van der Waals surface area contributed by atoms with Crippen LogP contribution >= 0.6 is 15.9 Å². The Labute approximate surface area is 159 Å². The molecule has 26 heavy (non-hydrogen) atoms. The van der Waals surface area contributed by atoms with Gasteiger partial charge in [0.25, 0.3) is 5.91 Å². The van der Waals surface area contributed by atoms with Crippen LogP contribution in [0, 0.1) is 0 Å². The van der Waals surface area contributed by atoms with E-state index in [1.165, 1.54) is 0 Å². The maximum absolute atomic E-state index is 12.3. The Morgan fingerprint density at radius 3 is 2.50 bits per heavy atom. The number of hydrogen-bond donors (Lipinski definition) is 2. The number of hydrazone groups is 1. The number of halogens is 1. The smallest absolute Gasteiger partial charge is 0.289 e. The number of aromatic nitrogens is 2. The highest BCUT2D eigenvalue weighted by molar-refractivity contribution is 9.10. The Morgan fingerprint density at radius 2 is 1.85 bits per heavy atom. The van der Waals surface area contributed by atoms with Crippen molar-refractivity contribution in [2.75, 3.05) is 7.11 Å². The molecule has 6 nitrogen and oxygen atoms in total. The zero-order valence-electron chi connectivity index (χ0n) is 14.3. The summed E-state index contributed by atoms with van der Waals surface area (Å²) in [6, 6.07) is 16.8. The summed E-state index contributed by atoms with van der Waals surface area (Å²) < 4.78 is 6.11. The largest absolute Gasteiger partial charge is 0.497 e. The Hall–Kier alpha value is -2.93. The summed E-state index contributed by atoms with van der Waals surface area (Å²) in [5.41, 5.74) is 6.07. The summed E-state index contributed by atoms with van der Waals surface area (Å²) in [4.78, 5) is 12.3. The number of amides is 1. The van der Waals surface area contributed by atoms with Crippen molar-refractivity contribution >= 4 is 27.5 Å². The third-order valence-corrected chi connectivity index (χ3v) is 4.32. The molecule has 0 unspecified atom stereocenters. The van der Waals surface area contributed by atoms with Gasteiger partial charge >= 0.3 is 0 Å². The number of carbonyl (C=O) groups excluding carboxylic acids is 1. The van der Waals surface area contributed by atoms with Gasteiger partial charge in [-0.15, -0.1) is 0 Å². The SMILES string of the molecule is COc1ccc(C(C)=NNC(=O)c2cc(-c3ccc(Br)cc3)n[nH]2)cc1. The molecule has 2 aromatic carbocycles. The predicted octanol–water partition coefficient (Wildman–Crippen LogP) is 4.00. The molecule has 0 spiro atoms. The van der Waals surface area contributed by atoms with Gasteiger partial charge in [0.1, 0.15) is 11.4 Å². The van der Waals surface area contributed by atoms with Gasteiger partial charge in [0.2, 0.25) is 0 Å². The zero-order valence-corrected chi connectivity index (χ0v) is 15.9. The first-order valence-electron chi connectivity index (χ1n) is 7.87. The molecule has 0 saturated heterocycles. The van der Waals surface area contributed by atoms with Crippen LogP contribution in [0.4, 0.5) is 0 Å². The molecule has 1 aromatic heterocycles. The molecular weight excluding hydrogens is 396 g/mol. The number of H-pyrrole nitrogens is 1. The van der Waals surface area contributed by atoms with Crippen molar-refractivity contribution in [1.29, 1.82) is 0 Å². The number of hydrogen-bond acceptors (Lipinski definition) is 4. The van der Waals surface area contributed by atoms with Crippen LogP contribution in [-0.4, -0.2) is 28.9 Å². The Kier molecular flexibility index (Phi) is 5.48. The van der Waals surface area contributed by atoms with Gasteiger partial charge in [-0.1, -0.05) is 28.1 Å². The summed E-state index contributed by atoms with van der Waals surface area (Å²) in [7, 11) is 1.61. The number of aromatic amines is 1. The van der Waals surface area contributed by atoms with Crippen LogP contribution in [-0.2, 0) is 0 Å². The predicted molar refractivity (Wildman–Crippen MR) is 104 cm³/mol. The van der Waals surface area contributed by atoms with E-state index in [2.05, 4.69) is 36.7 Å². The molecule has 0 bridgehead atoms. The van der Waals surface area contributed by atoms with Gasteiger partial charge in [-0.25, -0.2) is 5.43 Å². The van der Waals surface area contributed by atoms with Crippen LogP contribution < -0.4 is 10.2 Å². The summed E-state index contributed by atoms with van der Waals surface area (Å²) in [6.07, 6.45) is 0. The number of rotatable bonds is 5. The summed E-state index contributed by atoms with van der Waals surface area (Å²) >= 11 is 3.39. The maximum atomic E-state index is 12.3. The molecule has 1 amide bonds. The van der Waals surface area contributed by atoms with Crippen molar-refractivity contribution in [3.8, 4) is 17.0 Å². The molecule has 0 aliphatic heterocycles. The third-order valence-electron chi connectivity index (χ3n) is 3.80. The molecule has 0 aliphatic carbocycles. The lowest BCUT2D eigenvalue weighted by Crippen LogP contribution is -2.19. The van der Waals surface area contributed by atoms with E-state index in [1.807, 2.05) is 55.5 Å². The maximum Gasteiger partial charge on any atom is 0.289 e. The summed E-state index contributed by atoms with van der Waals surface area (Å²) in [5.74, 6) is 0.414. The lowest BCUT2D eigenvalue weighted by Gasteiger charge is -2.03. The summed E-state index contributed by atoms with van der Waals surface area (Å²) in [6.45, 7) is 1.82. The number of methoxy groups -OCH3 is 1. The monoisotopic (exact) mass is 412 g/mol. The molecular formula is C19H17BrN4O2. The quantitative estimate of drug-likeness (QED) is 0.490. The average Bonchev–Trinajstić information content (AvgIpc) is 3.16. The first kappa shape index (κ1) is 17.9. The minimum Gasteiger partial charge on any atom is -0.497 e. The van der Waals surface area contributed by atoms with E-state index in [9.17, 15) is 4.79 Å². The molecule has 2 N–H and O–H groups in total. The second kappa shape index (κ2) is 7.97. The molecule has 0 atom stereocenters. The van der Waals surface area contributed by atoms with Gasteiger partial charge in [0.05, 0.1) is 18.5 Å². The number of ether oxygens (including phenoxy) is 1. The molecule has 1 heterocycles. The van der Waals surface area contributed by atoms with E-state index in [-0.39, 0.29) is 5.91 Å². The fraction of sp³-hybridized carbons (Fsp3) is 0.105. The normalized spacial score (nSPS) is 11.3. The Bertz CT molecular complexity index is 931. The standard InChI is InChI=1S/C19H17BrN4O2/c1-12(13-5-9-16(26-2)10-6-13)21-24-19(25)18-11-17(22-23-18)14-3-7-15(20)8-4-14/h3-11H,1-2H3,(H,22,23)(H,24,25). The number of nitrogens with zero attached hydrogens (tertiary/aromatic N) is 2. The molecule has 132 valence electrons. The van der Waals surface area contributed by atoms with E-state index >= 15 is 0 Å².